The summed E-state index contributed by atoms with van der Waals surface area (Å²) in [5.41, 5.74) is 1.38. The molecule has 0 saturated heterocycles. The van der Waals surface area contributed by atoms with E-state index in [1.807, 2.05) is 24.3 Å². The number of halogens is 1. The van der Waals surface area contributed by atoms with Crippen LogP contribution in [0.4, 0.5) is 11.7 Å². The largest absolute Gasteiger partial charge is 0.401 e. The maximum atomic E-state index is 5.45. The van der Waals surface area contributed by atoms with Gasteiger partial charge in [-0.2, -0.15) is 0 Å². The van der Waals surface area contributed by atoms with Gasteiger partial charge >= 0.3 is 6.01 Å². The lowest BCUT2D eigenvalue weighted by Crippen LogP contribution is -1.89. The van der Waals surface area contributed by atoms with Gasteiger partial charge in [-0.3, -0.25) is 0 Å². The zero-order valence-corrected chi connectivity index (χ0v) is 11.5. The third-order valence-electron chi connectivity index (χ3n) is 2.37. The van der Waals surface area contributed by atoms with Gasteiger partial charge in [0.05, 0.1) is 0 Å². The first-order valence-electron chi connectivity index (χ1n) is 5.50. The minimum Gasteiger partial charge on any atom is -0.401 e. The van der Waals surface area contributed by atoms with Crippen LogP contribution >= 0.6 is 15.9 Å². The molecular weight excluding hydrogens is 312 g/mol. The van der Waals surface area contributed by atoms with Crippen molar-refractivity contribution in [1.29, 1.82) is 0 Å². The predicted octanol–water partition coefficient (Wildman–Crippen LogP) is 3.54. The number of nitrogens with one attached hydrogen (secondary N) is 1. The van der Waals surface area contributed by atoms with Gasteiger partial charge in [0.15, 0.2) is 5.69 Å². The zero-order valence-electron chi connectivity index (χ0n) is 9.92. The number of nitrogens with zero attached hydrogens (tertiary/aromatic N) is 3. The molecule has 0 atom stereocenters. The highest BCUT2D eigenvalue weighted by Crippen LogP contribution is 2.22. The Balaban J connectivity index is 1.80. The van der Waals surface area contributed by atoms with E-state index in [1.54, 1.807) is 13.0 Å². The number of benzene rings is 1. The summed E-state index contributed by atoms with van der Waals surface area (Å²) < 4.78 is 11.4. The van der Waals surface area contributed by atoms with E-state index in [2.05, 4.69) is 36.6 Å². The van der Waals surface area contributed by atoms with Crippen LogP contribution in [0.25, 0.3) is 11.6 Å². The van der Waals surface area contributed by atoms with Gasteiger partial charge in [0.1, 0.15) is 5.76 Å². The molecule has 6 nitrogen and oxygen atoms in total. The van der Waals surface area contributed by atoms with Crippen molar-refractivity contribution in [1.82, 2.24) is 15.4 Å². The highest BCUT2D eigenvalue weighted by atomic mass is 79.9. The Hall–Kier alpha value is -2.15. The number of hydrogen-bond donors (Lipinski definition) is 1. The van der Waals surface area contributed by atoms with Crippen LogP contribution in [0.15, 0.2) is 43.7 Å². The van der Waals surface area contributed by atoms with Crippen molar-refractivity contribution in [2.24, 2.45) is 0 Å². The number of hydrogen-bond acceptors (Lipinski definition) is 6. The molecule has 0 aliphatic heterocycles. The van der Waals surface area contributed by atoms with Crippen molar-refractivity contribution in [2.75, 3.05) is 5.32 Å². The molecule has 0 aliphatic carbocycles. The molecule has 0 fully saturated rings. The summed E-state index contributed by atoms with van der Waals surface area (Å²) in [7, 11) is 0. The molecule has 2 heterocycles. The van der Waals surface area contributed by atoms with Crippen LogP contribution in [0.2, 0.25) is 0 Å². The van der Waals surface area contributed by atoms with Crippen LogP contribution in [0.1, 0.15) is 5.76 Å². The molecule has 0 aliphatic rings. The lowest BCUT2D eigenvalue weighted by molar-refractivity contribution is 0.397. The van der Waals surface area contributed by atoms with Crippen molar-refractivity contribution >= 4 is 27.6 Å². The highest BCUT2D eigenvalue weighted by Gasteiger charge is 2.12. The second kappa shape index (κ2) is 4.85. The molecule has 2 aromatic heterocycles. The van der Waals surface area contributed by atoms with E-state index in [0.29, 0.717) is 23.4 Å². The normalized spacial score (nSPS) is 10.6. The molecule has 0 unspecified atom stereocenters. The van der Waals surface area contributed by atoms with Gasteiger partial charge in [-0.05, 0) is 31.2 Å². The maximum absolute atomic E-state index is 5.45. The smallest absolute Gasteiger partial charge is 0.320 e. The number of rotatable bonds is 3. The third-order valence-corrected chi connectivity index (χ3v) is 2.90. The first kappa shape index (κ1) is 11.9. The van der Waals surface area contributed by atoms with Crippen molar-refractivity contribution in [3.63, 3.8) is 0 Å². The van der Waals surface area contributed by atoms with Crippen molar-refractivity contribution in [3.8, 4) is 11.6 Å². The molecule has 1 N–H and O–H groups in total. The first-order chi connectivity index (χ1) is 9.20. The van der Waals surface area contributed by atoms with Gasteiger partial charge in [0, 0.05) is 16.2 Å². The number of anilines is 2. The van der Waals surface area contributed by atoms with E-state index in [9.17, 15) is 0 Å². The topological polar surface area (TPSA) is 77.0 Å². The van der Waals surface area contributed by atoms with Crippen molar-refractivity contribution in [3.05, 3.63) is 40.6 Å². The molecule has 0 spiro atoms. The number of aromatic nitrogens is 3. The van der Waals surface area contributed by atoms with Gasteiger partial charge in [-0.15, -0.1) is 5.10 Å². The number of aryl methyl sites for hydroxylation is 1. The first-order valence-corrected chi connectivity index (χ1v) is 6.30. The quantitative estimate of drug-likeness (QED) is 0.795. The monoisotopic (exact) mass is 320 g/mol. The Morgan fingerprint density at radius 1 is 1.16 bits per heavy atom. The molecule has 1 aromatic carbocycles. The molecule has 0 amide bonds. The minimum absolute atomic E-state index is 0.304. The summed E-state index contributed by atoms with van der Waals surface area (Å²) in [6.45, 7) is 1.80. The summed E-state index contributed by atoms with van der Waals surface area (Å²) in [6, 6.07) is 9.67. The lowest BCUT2D eigenvalue weighted by Gasteiger charge is -1.99. The maximum Gasteiger partial charge on any atom is 0.320 e. The average molecular weight is 321 g/mol. The van der Waals surface area contributed by atoms with Gasteiger partial charge in [-0.25, -0.2) is 0 Å². The molecular formula is C12H9BrN4O2. The Kier molecular flexibility index (Phi) is 3.04. The fourth-order valence-corrected chi connectivity index (χ4v) is 1.77. The fraction of sp³-hybridized carbons (Fsp3) is 0.0833. The second-order valence-corrected chi connectivity index (χ2v) is 4.78. The van der Waals surface area contributed by atoms with Crippen LogP contribution < -0.4 is 5.32 Å². The average Bonchev–Trinajstić information content (AvgIpc) is 3.01. The molecule has 3 aromatic rings. The highest BCUT2D eigenvalue weighted by molar-refractivity contribution is 9.10. The van der Waals surface area contributed by atoms with Crippen LogP contribution in [-0.2, 0) is 0 Å². The van der Waals surface area contributed by atoms with Crippen LogP contribution in [0.3, 0.4) is 0 Å². The van der Waals surface area contributed by atoms with Crippen molar-refractivity contribution < 1.29 is 8.94 Å². The molecule has 0 saturated carbocycles. The van der Waals surface area contributed by atoms with Gasteiger partial charge in [0.25, 0.3) is 5.89 Å². The van der Waals surface area contributed by atoms with Gasteiger partial charge in [0.2, 0.25) is 0 Å². The summed E-state index contributed by atoms with van der Waals surface area (Å²) in [5, 5.41) is 14.6. The van der Waals surface area contributed by atoms with Gasteiger partial charge in [-0.1, -0.05) is 26.2 Å². The molecule has 3 rings (SSSR count). The van der Waals surface area contributed by atoms with Crippen LogP contribution in [-0.4, -0.2) is 15.4 Å². The van der Waals surface area contributed by atoms with Crippen molar-refractivity contribution in [2.45, 2.75) is 6.92 Å². The Morgan fingerprint density at radius 3 is 2.63 bits per heavy atom. The van der Waals surface area contributed by atoms with E-state index in [1.165, 1.54) is 0 Å². The van der Waals surface area contributed by atoms with E-state index >= 15 is 0 Å². The van der Waals surface area contributed by atoms with Gasteiger partial charge < -0.3 is 14.3 Å². The molecule has 19 heavy (non-hydrogen) atoms. The van der Waals surface area contributed by atoms with E-state index in [0.717, 1.165) is 10.2 Å². The molecule has 96 valence electrons. The summed E-state index contributed by atoms with van der Waals surface area (Å²) in [6.07, 6.45) is 0. The lowest BCUT2D eigenvalue weighted by atomic mass is 10.3. The zero-order chi connectivity index (χ0) is 13.2. The Labute approximate surface area is 116 Å². The second-order valence-electron chi connectivity index (χ2n) is 3.87. The third kappa shape index (κ3) is 2.65. The minimum atomic E-state index is 0.304. The summed E-state index contributed by atoms with van der Waals surface area (Å²) in [4.78, 5) is 0. The summed E-state index contributed by atoms with van der Waals surface area (Å²) in [5.74, 6) is 1.01. The Morgan fingerprint density at radius 2 is 1.95 bits per heavy atom. The van der Waals surface area contributed by atoms with Crippen LogP contribution in [0, 0.1) is 6.92 Å². The van der Waals surface area contributed by atoms with E-state index in [-0.39, 0.29) is 0 Å². The van der Waals surface area contributed by atoms with E-state index in [4.69, 9.17) is 8.94 Å². The van der Waals surface area contributed by atoms with Crippen LogP contribution in [0.5, 0.6) is 0 Å². The fourth-order valence-electron chi connectivity index (χ4n) is 1.50. The molecule has 0 radical (unpaired) electrons. The standard InChI is InChI=1S/C12H9BrN4O2/c1-7-6-10(17-19-7)11-15-16-12(18-11)14-9-4-2-8(13)3-5-9/h2-6H,1H3,(H,14,16). The predicted molar refractivity (Wildman–Crippen MR) is 72.0 cm³/mol. The SMILES string of the molecule is Cc1cc(-c2nnc(Nc3ccc(Br)cc3)o2)no1. The Bertz CT molecular complexity index is 690. The molecule has 7 heteroatoms. The molecule has 0 bridgehead atoms. The summed E-state index contributed by atoms with van der Waals surface area (Å²) >= 11 is 3.37. The van der Waals surface area contributed by atoms with E-state index < -0.39 is 0 Å².